The number of benzene rings is 2. The topological polar surface area (TPSA) is 119 Å². The number of hydrogen-bond acceptors (Lipinski definition) is 7. The maximum atomic E-state index is 12.9. The Morgan fingerprint density at radius 2 is 1.78 bits per heavy atom. The van der Waals surface area contributed by atoms with Gasteiger partial charge in [0.15, 0.2) is 0 Å². The number of likely N-dealkylation sites (tertiary alicyclic amines) is 1. The van der Waals surface area contributed by atoms with Crippen LogP contribution in [-0.4, -0.2) is 53.5 Å². The van der Waals surface area contributed by atoms with Crippen LogP contribution in [0.2, 0.25) is 0 Å². The van der Waals surface area contributed by atoms with Gasteiger partial charge in [-0.25, -0.2) is 0 Å². The van der Waals surface area contributed by atoms with Crippen LogP contribution in [0.5, 0.6) is 5.75 Å². The largest absolute Gasteiger partial charge is 0.507 e. The Bertz CT molecular complexity index is 1030. The van der Waals surface area contributed by atoms with E-state index < -0.39 is 22.7 Å². The lowest BCUT2D eigenvalue weighted by molar-refractivity contribution is -0.384. The molecule has 0 radical (unpaired) electrons. The summed E-state index contributed by atoms with van der Waals surface area (Å²) in [6, 6.07) is 11.2. The molecule has 0 saturated carbocycles. The van der Waals surface area contributed by atoms with E-state index >= 15 is 0 Å². The number of nitrogens with zero attached hydrogens (tertiary/aromatic N) is 2. The number of non-ortho nitro benzene ring substituents is 1. The molecule has 1 aliphatic heterocycles. The van der Waals surface area contributed by atoms with E-state index in [0.29, 0.717) is 36.5 Å². The number of ether oxygens (including phenoxy) is 2. The van der Waals surface area contributed by atoms with Crippen molar-refractivity contribution in [1.29, 1.82) is 0 Å². The van der Waals surface area contributed by atoms with E-state index in [9.17, 15) is 24.8 Å². The summed E-state index contributed by atoms with van der Waals surface area (Å²) in [7, 11) is 1.54. The van der Waals surface area contributed by atoms with Gasteiger partial charge in [-0.15, -0.1) is 0 Å². The van der Waals surface area contributed by atoms with Gasteiger partial charge in [-0.3, -0.25) is 19.7 Å². The SMILES string of the molecule is CCOc1ccc(/C(O)=C2\C(=O)C(=O)N(CCCOC)C2c2ccc([N+](=O)[O-])cc2)cc1. The minimum absolute atomic E-state index is 0.0644. The fraction of sp³-hybridized carbons (Fsp3) is 0.304. The van der Waals surface area contributed by atoms with Crippen molar-refractivity contribution < 1.29 is 29.1 Å². The van der Waals surface area contributed by atoms with Crippen molar-refractivity contribution >= 4 is 23.1 Å². The molecule has 168 valence electrons. The van der Waals surface area contributed by atoms with E-state index in [1.807, 2.05) is 6.92 Å². The summed E-state index contributed by atoms with van der Waals surface area (Å²) in [6.07, 6.45) is 0.482. The number of nitro benzene ring substituents is 1. The lowest BCUT2D eigenvalue weighted by Gasteiger charge is -2.25. The molecular weight excluding hydrogens is 416 g/mol. The number of hydrogen-bond donors (Lipinski definition) is 1. The molecule has 2 aromatic rings. The molecule has 1 heterocycles. The molecule has 32 heavy (non-hydrogen) atoms. The maximum Gasteiger partial charge on any atom is 0.295 e. The minimum atomic E-state index is -0.876. The van der Waals surface area contributed by atoms with Gasteiger partial charge in [0.05, 0.1) is 23.1 Å². The number of Topliss-reactive ketones (excluding diaryl/α,β-unsaturated/α-hetero) is 1. The molecule has 1 amide bonds. The second-order valence-corrected chi connectivity index (χ2v) is 7.14. The summed E-state index contributed by atoms with van der Waals surface area (Å²) < 4.78 is 10.5. The first kappa shape index (κ1) is 23.0. The van der Waals surface area contributed by atoms with Crippen molar-refractivity contribution in [2.75, 3.05) is 26.9 Å². The van der Waals surface area contributed by atoms with Crippen LogP contribution in [0.1, 0.15) is 30.5 Å². The van der Waals surface area contributed by atoms with Gasteiger partial charge in [-0.2, -0.15) is 0 Å². The average Bonchev–Trinajstić information content (AvgIpc) is 3.04. The Kier molecular flexibility index (Phi) is 7.21. The van der Waals surface area contributed by atoms with Crippen LogP contribution in [0.25, 0.3) is 5.76 Å². The molecule has 0 bridgehead atoms. The monoisotopic (exact) mass is 440 g/mol. The van der Waals surface area contributed by atoms with E-state index in [2.05, 4.69) is 0 Å². The summed E-state index contributed by atoms with van der Waals surface area (Å²) in [5, 5.41) is 22.0. The molecule has 3 rings (SSSR count). The van der Waals surface area contributed by atoms with Gasteiger partial charge < -0.3 is 19.5 Å². The summed E-state index contributed by atoms with van der Waals surface area (Å²) in [6.45, 7) is 2.94. The van der Waals surface area contributed by atoms with Crippen molar-refractivity contribution in [2.24, 2.45) is 0 Å². The van der Waals surface area contributed by atoms with E-state index in [0.717, 1.165) is 0 Å². The molecule has 1 aliphatic rings. The number of rotatable bonds is 9. The van der Waals surface area contributed by atoms with Crippen LogP contribution in [0.4, 0.5) is 5.69 Å². The zero-order valence-corrected chi connectivity index (χ0v) is 17.8. The Hall–Kier alpha value is -3.72. The van der Waals surface area contributed by atoms with Gasteiger partial charge >= 0.3 is 0 Å². The predicted octanol–water partition coefficient (Wildman–Crippen LogP) is 3.45. The summed E-state index contributed by atoms with van der Waals surface area (Å²) >= 11 is 0. The molecule has 1 atom stereocenters. The van der Waals surface area contributed by atoms with Crippen molar-refractivity contribution in [3.05, 3.63) is 75.3 Å². The van der Waals surface area contributed by atoms with Gasteiger partial charge in [0.1, 0.15) is 11.5 Å². The zero-order chi connectivity index (χ0) is 23.3. The Labute approximate surface area is 185 Å². The van der Waals surface area contributed by atoms with E-state index in [-0.39, 0.29) is 23.6 Å². The highest BCUT2D eigenvalue weighted by atomic mass is 16.6. The summed E-state index contributed by atoms with van der Waals surface area (Å²) in [5.74, 6) is -1.26. The molecule has 0 spiro atoms. The molecule has 1 fully saturated rings. The molecule has 9 nitrogen and oxygen atoms in total. The molecule has 1 unspecified atom stereocenters. The van der Waals surface area contributed by atoms with Crippen LogP contribution in [0.15, 0.2) is 54.1 Å². The normalized spacial score (nSPS) is 17.6. The minimum Gasteiger partial charge on any atom is -0.507 e. The Balaban J connectivity index is 2.07. The standard InChI is InChI=1S/C23H24N2O7/c1-3-32-18-11-7-16(8-12-18)21(26)19-20(15-5-9-17(10-6-15)25(29)30)24(13-4-14-31-2)23(28)22(19)27/h5-12,20,26H,3-4,13-14H2,1-2H3/b21-19+. The average molecular weight is 440 g/mol. The lowest BCUT2D eigenvalue weighted by Crippen LogP contribution is -2.31. The van der Waals surface area contributed by atoms with E-state index in [1.54, 1.807) is 24.3 Å². The van der Waals surface area contributed by atoms with Crippen molar-refractivity contribution in [2.45, 2.75) is 19.4 Å². The van der Waals surface area contributed by atoms with Crippen molar-refractivity contribution in [3.8, 4) is 5.75 Å². The van der Waals surface area contributed by atoms with E-state index in [4.69, 9.17) is 9.47 Å². The third kappa shape index (κ3) is 4.62. The molecule has 0 aromatic heterocycles. The number of aliphatic hydroxyl groups is 1. The number of methoxy groups -OCH3 is 1. The number of nitro groups is 1. The third-order valence-corrected chi connectivity index (χ3v) is 5.15. The molecule has 1 saturated heterocycles. The van der Waals surface area contributed by atoms with Crippen LogP contribution >= 0.6 is 0 Å². The highest BCUT2D eigenvalue weighted by molar-refractivity contribution is 6.46. The highest BCUT2D eigenvalue weighted by Gasteiger charge is 2.45. The first-order chi connectivity index (χ1) is 15.4. The zero-order valence-electron chi connectivity index (χ0n) is 17.8. The molecule has 1 N–H and O–H groups in total. The van der Waals surface area contributed by atoms with Crippen LogP contribution < -0.4 is 4.74 Å². The lowest BCUT2D eigenvalue weighted by atomic mass is 9.95. The summed E-state index contributed by atoms with van der Waals surface area (Å²) in [5.41, 5.74) is 0.664. The molecule has 9 heteroatoms. The molecule has 2 aromatic carbocycles. The van der Waals surface area contributed by atoms with Gasteiger partial charge in [-0.05, 0) is 55.3 Å². The number of carbonyl (C=O) groups excluding carboxylic acids is 2. The van der Waals surface area contributed by atoms with Crippen molar-refractivity contribution in [1.82, 2.24) is 4.90 Å². The van der Waals surface area contributed by atoms with Crippen molar-refractivity contribution in [3.63, 3.8) is 0 Å². The van der Waals surface area contributed by atoms with Gasteiger partial charge in [0, 0.05) is 38.0 Å². The smallest absolute Gasteiger partial charge is 0.295 e. The number of ketones is 1. The number of amides is 1. The van der Waals surface area contributed by atoms with E-state index in [1.165, 1.54) is 36.3 Å². The predicted molar refractivity (Wildman–Crippen MR) is 116 cm³/mol. The molecular formula is C23H24N2O7. The quantitative estimate of drug-likeness (QED) is 0.158. The Morgan fingerprint density at radius 3 is 2.34 bits per heavy atom. The highest BCUT2D eigenvalue weighted by Crippen LogP contribution is 2.40. The first-order valence-electron chi connectivity index (χ1n) is 10.1. The van der Waals surface area contributed by atoms with Gasteiger partial charge in [0.2, 0.25) is 0 Å². The van der Waals surface area contributed by atoms with Gasteiger partial charge in [0.25, 0.3) is 17.4 Å². The van der Waals surface area contributed by atoms with Gasteiger partial charge in [-0.1, -0.05) is 0 Å². The van der Waals surface area contributed by atoms with Crippen LogP contribution in [0.3, 0.4) is 0 Å². The first-order valence-corrected chi connectivity index (χ1v) is 10.1. The van der Waals surface area contributed by atoms with Crippen LogP contribution in [-0.2, 0) is 14.3 Å². The Morgan fingerprint density at radius 1 is 1.12 bits per heavy atom. The van der Waals surface area contributed by atoms with Crippen LogP contribution in [0, 0.1) is 10.1 Å². The number of carbonyl (C=O) groups is 2. The maximum absolute atomic E-state index is 12.9. The summed E-state index contributed by atoms with van der Waals surface area (Å²) in [4.78, 5) is 37.6. The second-order valence-electron chi connectivity index (χ2n) is 7.14. The second kappa shape index (κ2) is 10.1. The fourth-order valence-electron chi connectivity index (χ4n) is 3.65. The number of aliphatic hydroxyl groups excluding tert-OH is 1. The fourth-order valence-corrected chi connectivity index (χ4v) is 3.65. The third-order valence-electron chi connectivity index (χ3n) is 5.15. The molecule has 0 aliphatic carbocycles.